The van der Waals surface area contributed by atoms with E-state index in [0.717, 1.165) is 0 Å². The van der Waals surface area contributed by atoms with Crippen LogP contribution >= 0.6 is 0 Å². The van der Waals surface area contributed by atoms with E-state index in [1.54, 1.807) is 43.3 Å². The molecule has 1 aromatic heterocycles. The molecule has 0 aliphatic carbocycles. The standard InChI is InChI=1S/C15H13N3O3/c1-10(15(17)19)20-12-3-5-13(6-4-12)21-14-7-2-11(8-16)9-18-14/h2-7,9-10H,1H3,(H2,17,19). The van der Waals surface area contributed by atoms with E-state index in [2.05, 4.69) is 4.98 Å². The summed E-state index contributed by atoms with van der Waals surface area (Å²) in [6, 6.07) is 11.9. The topological polar surface area (TPSA) is 98.2 Å². The van der Waals surface area contributed by atoms with Gasteiger partial charge in [-0.1, -0.05) is 0 Å². The summed E-state index contributed by atoms with van der Waals surface area (Å²) in [5.41, 5.74) is 5.58. The zero-order valence-corrected chi connectivity index (χ0v) is 11.3. The average molecular weight is 283 g/mol. The van der Waals surface area contributed by atoms with Crippen molar-refractivity contribution in [3.05, 3.63) is 48.2 Å². The Kier molecular flexibility index (Phi) is 4.36. The van der Waals surface area contributed by atoms with Gasteiger partial charge in [-0.3, -0.25) is 4.79 Å². The summed E-state index contributed by atoms with van der Waals surface area (Å²) in [4.78, 5) is 14.9. The van der Waals surface area contributed by atoms with Gasteiger partial charge >= 0.3 is 0 Å². The Balaban J connectivity index is 2.01. The van der Waals surface area contributed by atoms with Crippen LogP contribution in [0.2, 0.25) is 0 Å². The van der Waals surface area contributed by atoms with Crippen LogP contribution in [-0.2, 0) is 4.79 Å². The Morgan fingerprint density at radius 2 is 1.90 bits per heavy atom. The number of primary amides is 1. The van der Waals surface area contributed by atoms with Crippen molar-refractivity contribution in [3.8, 4) is 23.4 Å². The summed E-state index contributed by atoms with van der Waals surface area (Å²) < 4.78 is 10.8. The van der Waals surface area contributed by atoms with Crippen LogP contribution in [0.4, 0.5) is 0 Å². The summed E-state index contributed by atoms with van der Waals surface area (Å²) >= 11 is 0. The van der Waals surface area contributed by atoms with Crippen molar-refractivity contribution in [1.82, 2.24) is 4.98 Å². The van der Waals surface area contributed by atoms with Gasteiger partial charge in [0.25, 0.3) is 5.91 Å². The molecule has 1 aromatic carbocycles. The van der Waals surface area contributed by atoms with E-state index in [-0.39, 0.29) is 0 Å². The second kappa shape index (κ2) is 6.39. The minimum atomic E-state index is -0.697. The van der Waals surface area contributed by atoms with E-state index in [9.17, 15) is 4.79 Å². The summed E-state index contributed by atoms with van der Waals surface area (Å²) in [5.74, 6) is 0.929. The molecule has 21 heavy (non-hydrogen) atoms. The number of rotatable bonds is 5. The highest BCUT2D eigenvalue weighted by atomic mass is 16.5. The Bertz CT molecular complexity index is 660. The third kappa shape index (κ3) is 3.94. The van der Waals surface area contributed by atoms with Crippen LogP contribution in [0, 0.1) is 11.3 Å². The fourth-order valence-corrected chi connectivity index (χ4v) is 1.48. The smallest absolute Gasteiger partial charge is 0.258 e. The van der Waals surface area contributed by atoms with E-state index < -0.39 is 12.0 Å². The molecule has 0 saturated heterocycles. The van der Waals surface area contributed by atoms with E-state index in [1.807, 2.05) is 6.07 Å². The Morgan fingerprint density at radius 3 is 2.43 bits per heavy atom. The van der Waals surface area contributed by atoms with Crippen LogP contribution in [0.15, 0.2) is 42.6 Å². The van der Waals surface area contributed by atoms with Gasteiger partial charge in [0.05, 0.1) is 5.56 Å². The third-order valence-corrected chi connectivity index (χ3v) is 2.63. The van der Waals surface area contributed by atoms with E-state index in [4.69, 9.17) is 20.5 Å². The van der Waals surface area contributed by atoms with Gasteiger partial charge in [0.1, 0.15) is 17.6 Å². The number of hydrogen-bond donors (Lipinski definition) is 1. The maximum absolute atomic E-state index is 10.9. The molecule has 0 fully saturated rings. The lowest BCUT2D eigenvalue weighted by Gasteiger charge is -2.11. The van der Waals surface area contributed by atoms with Crippen LogP contribution in [-0.4, -0.2) is 17.0 Å². The zero-order chi connectivity index (χ0) is 15.2. The van der Waals surface area contributed by atoms with Crippen LogP contribution in [0.1, 0.15) is 12.5 Å². The molecule has 1 heterocycles. The molecular formula is C15H13N3O3. The lowest BCUT2D eigenvalue weighted by atomic mass is 10.3. The van der Waals surface area contributed by atoms with Gasteiger partial charge in [0.15, 0.2) is 6.10 Å². The SMILES string of the molecule is CC(Oc1ccc(Oc2ccc(C#N)cn2)cc1)C(N)=O. The number of carbonyl (C=O) groups is 1. The Labute approximate surface area is 121 Å². The van der Waals surface area contributed by atoms with Crippen molar-refractivity contribution in [2.24, 2.45) is 5.73 Å². The van der Waals surface area contributed by atoms with Gasteiger partial charge in [-0.15, -0.1) is 0 Å². The van der Waals surface area contributed by atoms with E-state index in [0.29, 0.717) is 22.9 Å². The first-order chi connectivity index (χ1) is 10.1. The number of nitriles is 1. The first-order valence-corrected chi connectivity index (χ1v) is 6.18. The van der Waals surface area contributed by atoms with Crippen molar-refractivity contribution in [1.29, 1.82) is 5.26 Å². The minimum absolute atomic E-state index is 0.383. The number of nitrogens with zero attached hydrogens (tertiary/aromatic N) is 2. The van der Waals surface area contributed by atoms with Crippen LogP contribution in [0.3, 0.4) is 0 Å². The monoisotopic (exact) mass is 283 g/mol. The molecule has 106 valence electrons. The second-order valence-corrected chi connectivity index (χ2v) is 4.23. The molecule has 0 saturated carbocycles. The van der Waals surface area contributed by atoms with Crippen molar-refractivity contribution < 1.29 is 14.3 Å². The molecule has 2 rings (SSSR count). The number of carbonyl (C=O) groups excluding carboxylic acids is 1. The van der Waals surface area contributed by atoms with Crippen molar-refractivity contribution in [3.63, 3.8) is 0 Å². The predicted molar refractivity (Wildman–Crippen MR) is 74.8 cm³/mol. The maximum Gasteiger partial charge on any atom is 0.258 e. The predicted octanol–water partition coefficient (Wildman–Crippen LogP) is 2.00. The highest BCUT2D eigenvalue weighted by Crippen LogP contribution is 2.23. The number of benzene rings is 1. The molecule has 2 aromatic rings. The van der Waals surface area contributed by atoms with Crippen molar-refractivity contribution in [2.45, 2.75) is 13.0 Å². The third-order valence-electron chi connectivity index (χ3n) is 2.63. The van der Waals surface area contributed by atoms with Gasteiger partial charge in [0, 0.05) is 12.3 Å². The number of nitrogens with two attached hydrogens (primary N) is 1. The molecule has 0 aliphatic heterocycles. The second-order valence-electron chi connectivity index (χ2n) is 4.23. The van der Waals surface area contributed by atoms with Crippen LogP contribution in [0.25, 0.3) is 0 Å². The maximum atomic E-state index is 10.9. The van der Waals surface area contributed by atoms with Gasteiger partial charge in [-0.05, 0) is 37.3 Å². The lowest BCUT2D eigenvalue weighted by Crippen LogP contribution is -2.30. The van der Waals surface area contributed by atoms with E-state index >= 15 is 0 Å². The summed E-state index contributed by atoms with van der Waals surface area (Å²) in [5, 5.41) is 8.68. The highest BCUT2D eigenvalue weighted by molar-refractivity contribution is 5.78. The first kappa shape index (κ1) is 14.3. The quantitative estimate of drug-likeness (QED) is 0.904. The number of amides is 1. The van der Waals surface area contributed by atoms with Gasteiger partial charge < -0.3 is 15.2 Å². The molecule has 1 unspecified atom stereocenters. The molecule has 2 N–H and O–H groups in total. The Hall–Kier alpha value is -3.07. The first-order valence-electron chi connectivity index (χ1n) is 6.18. The molecule has 0 bridgehead atoms. The summed E-state index contributed by atoms with van der Waals surface area (Å²) in [6.45, 7) is 1.58. The molecule has 0 radical (unpaired) electrons. The minimum Gasteiger partial charge on any atom is -0.481 e. The molecule has 0 spiro atoms. The fraction of sp³-hybridized carbons (Fsp3) is 0.133. The average Bonchev–Trinajstić information content (AvgIpc) is 2.50. The van der Waals surface area contributed by atoms with Gasteiger partial charge in [0.2, 0.25) is 5.88 Å². The van der Waals surface area contributed by atoms with Crippen molar-refractivity contribution >= 4 is 5.91 Å². The van der Waals surface area contributed by atoms with Crippen molar-refractivity contribution in [2.75, 3.05) is 0 Å². The fourth-order valence-electron chi connectivity index (χ4n) is 1.48. The largest absolute Gasteiger partial charge is 0.481 e. The molecule has 1 amide bonds. The highest BCUT2D eigenvalue weighted by Gasteiger charge is 2.10. The molecule has 6 heteroatoms. The number of pyridine rings is 1. The number of hydrogen-bond acceptors (Lipinski definition) is 5. The van der Waals surface area contributed by atoms with E-state index in [1.165, 1.54) is 6.20 Å². The zero-order valence-electron chi connectivity index (χ0n) is 11.3. The molecule has 0 aliphatic rings. The lowest BCUT2D eigenvalue weighted by molar-refractivity contribution is -0.123. The van der Waals surface area contributed by atoms with Gasteiger partial charge in [-0.25, -0.2) is 4.98 Å². The molecule has 1 atom stereocenters. The number of aromatic nitrogens is 1. The summed E-state index contributed by atoms with van der Waals surface area (Å²) in [6.07, 6.45) is 0.735. The Morgan fingerprint density at radius 1 is 1.24 bits per heavy atom. The van der Waals surface area contributed by atoms with Crippen LogP contribution in [0.5, 0.6) is 17.4 Å². The van der Waals surface area contributed by atoms with Crippen LogP contribution < -0.4 is 15.2 Å². The van der Waals surface area contributed by atoms with Gasteiger partial charge in [-0.2, -0.15) is 5.26 Å². The molecular weight excluding hydrogens is 270 g/mol. The normalized spacial score (nSPS) is 11.2. The summed E-state index contributed by atoms with van der Waals surface area (Å²) in [7, 11) is 0. The number of ether oxygens (including phenoxy) is 2. The molecule has 6 nitrogen and oxygen atoms in total.